The monoisotopic (exact) mass is 357 g/mol. The van der Waals surface area contributed by atoms with Gasteiger partial charge in [-0.05, 0) is 30.7 Å². The maximum Gasteiger partial charge on any atom is 0.254 e. The Balaban J connectivity index is 1.42. The van der Waals surface area contributed by atoms with Crippen molar-refractivity contribution in [3.63, 3.8) is 0 Å². The minimum Gasteiger partial charge on any atom is -0.497 e. The zero-order chi connectivity index (χ0) is 18.2. The van der Waals surface area contributed by atoms with Crippen LogP contribution in [0.5, 0.6) is 5.75 Å². The molecule has 1 aliphatic rings. The van der Waals surface area contributed by atoms with E-state index in [1.807, 2.05) is 24.3 Å². The van der Waals surface area contributed by atoms with Crippen molar-refractivity contribution in [3.05, 3.63) is 47.8 Å². The second kappa shape index (κ2) is 9.35. The van der Waals surface area contributed by atoms with Gasteiger partial charge in [0.2, 0.25) is 0 Å². The van der Waals surface area contributed by atoms with Crippen molar-refractivity contribution in [2.75, 3.05) is 46.4 Å². The Kier molecular flexibility index (Phi) is 6.62. The Hall–Kier alpha value is -2.38. The van der Waals surface area contributed by atoms with Gasteiger partial charge < -0.3 is 20.3 Å². The average molecular weight is 357 g/mol. The van der Waals surface area contributed by atoms with Crippen molar-refractivity contribution >= 4 is 5.91 Å². The molecule has 1 aromatic carbocycles. The number of methoxy groups -OCH3 is 1. The molecular weight excluding hydrogens is 330 g/mol. The predicted molar refractivity (Wildman–Crippen MR) is 101 cm³/mol. The molecule has 2 aromatic rings. The van der Waals surface area contributed by atoms with Crippen molar-refractivity contribution in [1.82, 2.24) is 25.3 Å². The number of hydrogen-bond donors (Lipinski definition) is 2. The van der Waals surface area contributed by atoms with Crippen LogP contribution in [0.2, 0.25) is 0 Å². The van der Waals surface area contributed by atoms with Gasteiger partial charge in [0.05, 0.1) is 25.4 Å². The van der Waals surface area contributed by atoms with E-state index in [0.717, 1.165) is 50.5 Å². The molecule has 2 N–H and O–H groups in total. The van der Waals surface area contributed by atoms with Crippen LogP contribution in [0.15, 0.2) is 36.7 Å². The van der Waals surface area contributed by atoms with E-state index in [-0.39, 0.29) is 5.91 Å². The number of nitrogens with one attached hydrogen (secondary N) is 2. The maximum absolute atomic E-state index is 12.2. The molecule has 0 bridgehead atoms. The van der Waals surface area contributed by atoms with E-state index in [1.54, 1.807) is 24.2 Å². The molecular formula is C19H27N5O2. The molecule has 0 saturated carbocycles. The molecule has 1 saturated heterocycles. The standard InChI is InChI=1S/C19H27N5O2/c1-26-18-5-3-16(4-6-18)14-24-15-17(13-22-24)19(25)21-7-2-10-23-11-8-20-9-12-23/h3-6,13,15,20H,2,7-12,14H2,1H3,(H,21,25). The van der Waals surface area contributed by atoms with E-state index in [9.17, 15) is 4.79 Å². The number of ether oxygens (including phenoxy) is 1. The van der Waals surface area contributed by atoms with Crippen LogP contribution in [0.3, 0.4) is 0 Å². The number of nitrogens with zero attached hydrogens (tertiary/aromatic N) is 3. The summed E-state index contributed by atoms with van der Waals surface area (Å²) < 4.78 is 6.93. The summed E-state index contributed by atoms with van der Waals surface area (Å²) in [5.74, 6) is 0.765. The number of rotatable bonds is 8. The number of hydrogen-bond acceptors (Lipinski definition) is 5. The summed E-state index contributed by atoms with van der Waals surface area (Å²) >= 11 is 0. The van der Waals surface area contributed by atoms with E-state index in [2.05, 4.69) is 20.6 Å². The molecule has 1 aliphatic heterocycles. The summed E-state index contributed by atoms with van der Waals surface area (Å²) in [6, 6.07) is 7.84. The number of carbonyl (C=O) groups is 1. The van der Waals surface area contributed by atoms with Gasteiger partial charge in [-0.15, -0.1) is 0 Å². The highest BCUT2D eigenvalue weighted by Crippen LogP contribution is 2.12. The fourth-order valence-electron chi connectivity index (χ4n) is 3.03. The summed E-state index contributed by atoms with van der Waals surface area (Å²) in [5, 5.41) is 10.6. The fraction of sp³-hybridized carbons (Fsp3) is 0.474. The van der Waals surface area contributed by atoms with Gasteiger partial charge in [-0.1, -0.05) is 12.1 Å². The minimum absolute atomic E-state index is 0.0636. The SMILES string of the molecule is COc1ccc(Cn2cc(C(=O)NCCCN3CCNCC3)cn2)cc1. The number of carbonyl (C=O) groups excluding carboxylic acids is 1. The van der Waals surface area contributed by atoms with Gasteiger partial charge in [0, 0.05) is 38.9 Å². The first-order chi connectivity index (χ1) is 12.7. The van der Waals surface area contributed by atoms with Crippen LogP contribution in [0.1, 0.15) is 22.3 Å². The van der Waals surface area contributed by atoms with Crippen LogP contribution in [0, 0.1) is 0 Å². The summed E-state index contributed by atoms with van der Waals surface area (Å²) in [4.78, 5) is 14.7. The van der Waals surface area contributed by atoms with Crippen molar-refractivity contribution < 1.29 is 9.53 Å². The number of benzene rings is 1. The van der Waals surface area contributed by atoms with Crippen LogP contribution in [0.4, 0.5) is 0 Å². The lowest BCUT2D eigenvalue weighted by Crippen LogP contribution is -2.44. The lowest BCUT2D eigenvalue weighted by atomic mass is 10.2. The summed E-state index contributed by atoms with van der Waals surface area (Å²) in [6.45, 7) is 6.63. The first kappa shape index (κ1) is 18.4. The Morgan fingerprint density at radius 2 is 2.04 bits per heavy atom. The molecule has 0 spiro atoms. The fourth-order valence-corrected chi connectivity index (χ4v) is 3.03. The molecule has 7 heteroatoms. The van der Waals surface area contributed by atoms with E-state index in [4.69, 9.17) is 4.74 Å². The zero-order valence-corrected chi connectivity index (χ0v) is 15.3. The summed E-state index contributed by atoms with van der Waals surface area (Å²) in [7, 11) is 1.65. The normalized spacial score (nSPS) is 15.0. The minimum atomic E-state index is -0.0636. The van der Waals surface area contributed by atoms with Crippen molar-refractivity contribution in [3.8, 4) is 5.75 Å². The zero-order valence-electron chi connectivity index (χ0n) is 15.3. The van der Waals surface area contributed by atoms with Gasteiger partial charge in [-0.2, -0.15) is 5.10 Å². The second-order valence-corrected chi connectivity index (χ2v) is 6.48. The van der Waals surface area contributed by atoms with Crippen molar-refractivity contribution in [1.29, 1.82) is 0 Å². The van der Waals surface area contributed by atoms with E-state index >= 15 is 0 Å². The molecule has 1 aromatic heterocycles. The van der Waals surface area contributed by atoms with Crippen LogP contribution < -0.4 is 15.4 Å². The Morgan fingerprint density at radius 3 is 2.77 bits per heavy atom. The smallest absolute Gasteiger partial charge is 0.254 e. The first-order valence-corrected chi connectivity index (χ1v) is 9.11. The molecule has 7 nitrogen and oxygen atoms in total. The molecule has 0 atom stereocenters. The lowest BCUT2D eigenvalue weighted by Gasteiger charge is -2.27. The molecule has 0 unspecified atom stereocenters. The largest absolute Gasteiger partial charge is 0.497 e. The van der Waals surface area contributed by atoms with Gasteiger partial charge in [-0.25, -0.2) is 0 Å². The Morgan fingerprint density at radius 1 is 1.27 bits per heavy atom. The van der Waals surface area contributed by atoms with E-state index in [0.29, 0.717) is 18.7 Å². The summed E-state index contributed by atoms with van der Waals surface area (Å²) in [6.07, 6.45) is 4.37. The highest BCUT2D eigenvalue weighted by molar-refractivity contribution is 5.93. The molecule has 3 rings (SSSR count). The van der Waals surface area contributed by atoms with Gasteiger partial charge in [0.25, 0.3) is 5.91 Å². The van der Waals surface area contributed by atoms with Crippen LogP contribution >= 0.6 is 0 Å². The van der Waals surface area contributed by atoms with Crippen LogP contribution in [0.25, 0.3) is 0 Å². The Labute approximate surface area is 154 Å². The molecule has 0 radical (unpaired) electrons. The number of amides is 1. The highest BCUT2D eigenvalue weighted by atomic mass is 16.5. The maximum atomic E-state index is 12.2. The Bertz CT molecular complexity index is 692. The topological polar surface area (TPSA) is 71.4 Å². The third kappa shape index (κ3) is 5.31. The van der Waals surface area contributed by atoms with E-state index < -0.39 is 0 Å². The average Bonchev–Trinajstić information content (AvgIpc) is 3.15. The van der Waals surface area contributed by atoms with Gasteiger partial charge in [0.1, 0.15) is 5.75 Å². The summed E-state index contributed by atoms with van der Waals surface area (Å²) in [5.41, 5.74) is 1.71. The van der Waals surface area contributed by atoms with Crippen LogP contribution in [-0.4, -0.2) is 67.0 Å². The molecule has 2 heterocycles. The first-order valence-electron chi connectivity index (χ1n) is 9.11. The van der Waals surface area contributed by atoms with Gasteiger partial charge in [0.15, 0.2) is 0 Å². The highest BCUT2D eigenvalue weighted by Gasteiger charge is 2.11. The van der Waals surface area contributed by atoms with Gasteiger partial charge in [-0.3, -0.25) is 9.48 Å². The van der Waals surface area contributed by atoms with Gasteiger partial charge >= 0.3 is 0 Å². The number of piperazine rings is 1. The quantitative estimate of drug-likeness (QED) is 0.689. The molecule has 0 aliphatic carbocycles. The number of aromatic nitrogens is 2. The third-order valence-corrected chi connectivity index (χ3v) is 4.55. The van der Waals surface area contributed by atoms with Crippen molar-refractivity contribution in [2.24, 2.45) is 0 Å². The second-order valence-electron chi connectivity index (χ2n) is 6.48. The molecule has 1 fully saturated rings. The molecule has 140 valence electrons. The van der Waals surface area contributed by atoms with Crippen molar-refractivity contribution in [2.45, 2.75) is 13.0 Å². The van der Waals surface area contributed by atoms with E-state index in [1.165, 1.54) is 0 Å². The predicted octanol–water partition coefficient (Wildman–Crippen LogP) is 0.965. The molecule has 1 amide bonds. The third-order valence-electron chi connectivity index (χ3n) is 4.55. The lowest BCUT2D eigenvalue weighted by molar-refractivity contribution is 0.0951. The molecule has 26 heavy (non-hydrogen) atoms. The van der Waals surface area contributed by atoms with Crippen LogP contribution in [-0.2, 0) is 6.54 Å².